The summed E-state index contributed by atoms with van der Waals surface area (Å²) in [6.45, 7) is 5.34. The van der Waals surface area contributed by atoms with Gasteiger partial charge in [-0.05, 0) is 44.0 Å². The Balaban J connectivity index is 2.52. The first kappa shape index (κ1) is 12.1. The first-order chi connectivity index (χ1) is 8.65. The molecule has 1 aromatic carbocycles. The van der Waals surface area contributed by atoms with E-state index < -0.39 is 0 Å². The molecule has 0 aliphatic rings. The minimum atomic E-state index is -0.192. The Labute approximate surface area is 105 Å². The molecule has 1 heterocycles. The highest BCUT2D eigenvalue weighted by molar-refractivity contribution is 6.00. The summed E-state index contributed by atoms with van der Waals surface area (Å²) in [5.41, 5.74) is 1.88. The smallest absolute Gasteiger partial charge is 0.253 e. The Kier molecular flexibility index (Phi) is 3.28. The number of aliphatic imine (C=N–C) groups is 1. The van der Waals surface area contributed by atoms with E-state index in [1.54, 1.807) is 19.2 Å². The minimum absolute atomic E-state index is 0.192. The van der Waals surface area contributed by atoms with Crippen LogP contribution < -0.4 is 5.32 Å². The molecule has 4 nitrogen and oxygen atoms in total. The van der Waals surface area contributed by atoms with Gasteiger partial charge >= 0.3 is 0 Å². The molecule has 0 aliphatic heterocycles. The number of aryl methyl sites for hydroxylation is 1. The number of nitrogens with one attached hydrogen (secondary N) is 1. The summed E-state index contributed by atoms with van der Waals surface area (Å²) in [6.07, 6.45) is 0. The van der Waals surface area contributed by atoms with Crippen molar-refractivity contribution < 1.29 is 9.21 Å². The maximum absolute atomic E-state index is 11.8. The van der Waals surface area contributed by atoms with Gasteiger partial charge in [-0.2, -0.15) is 0 Å². The zero-order chi connectivity index (χ0) is 13.1. The molecule has 0 bridgehead atoms. The molecule has 0 unspecified atom stereocenters. The van der Waals surface area contributed by atoms with Gasteiger partial charge in [-0.1, -0.05) is 0 Å². The zero-order valence-corrected chi connectivity index (χ0v) is 10.4. The molecule has 0 aliphatic carbocycles. The van der Waals surface area contributed by atoms with Crippen molar-refractivity contribution in [1.82, 2.24) is 5.32 Å². The van der Waals surface area contributed by atoms with Crippen molar-refractivity contribution in [2.75, 3.05) is 7.05 Å². The van der Waals surface area contributed by atoms with Crippen molar-refractivity contribution in [2.45, 2.75) is 6.92 Å². The number of carbonyl (C=O) groups excluding carboxylic acids is 1. The van der Waals surface area contributed by atoms with Crippen molar-refractivity contribution >= 4 is 18.3 Å². The van der Waals surface area contributed by atoms with Gasteiger partial charge in [0, 0.05) is 12.6 Å². The van der Waals surface area contributed by atoms with E-state index in [1.165, 1.54) is 0 Å². The van der Waals surface area contributed by atoms with Gasteiger partial charge in [0.2, 0.25) is 0 Å². The molecule has 0 saturated heterocycles. The van der Waals surface area contributed by atoms with Gasteiger partial charge in [0.25, 0.3) is 5.91 Å². The van der Waals surface area contributed by atoms with E-state index >= 15 is 0 Å². The number of carbonyl (C=O) groups is 1. The lowest BCUT2D eigenvalue weighted by molar-refractivity contribution is 0.0964. The van der Waals surface area contributed by atoms with Crippen LogP contribution in [0.4, 0.5) is 5.69 Å². The van der Waals surface area contributed by atoms with E-state index in [1.807, 2.05) is 25.1 Å². The Hall–Kier alpha value is -2.36. The minimum Gasteiger partial charge on any atom is -0.461 e. The van der Waals surface area contributed by atoms with E-state index in [0.717, 1.165) is 17.1 Å². The SMILES string of the molecule is C=Nc1ccc(-c2ccc(C)o2)cc1C(=O)NC. The van der Waals surface area contributed by atoms with E-state index in [2.05, 4.69) is 17.0 Å². The van der Waals surface area contributed by atoms with Crippen molar-refractivity contribution in [2.24, 2.45) is 4.99 Å². The van der Waals surface area contributed by atoms with Crippen LogP contribution in [0, 0.1) is 6.92 Å². The second kappa shape index (κ2) is 4.87. The second-order valence-corrected chi connectivity index (χ2v) is 3.88. The fraction of sp³-hybridized carbons (Fsp3) is 0.143. The molecular formula is C14H14N2O2. The Bertz CT molecular complexity index is 600. The molecule has 0 fully saturated rings. The number of furan rings is 1. The van der Waals surface area contributed by atoms with E-state index in [-0.39, 0.29) is 5.91 Å². The molecule has 0 atom stereocenters. The van der Waals surface area contributed by atoms with E-state index in [0.29, 0.717) is 11.3 Å². The van der Waals surface area contributed by atoms with Crippen molar-refractivity contribution in [1.29, 1.82) is 0 Å². The van der Waals surface area contributed by atoms with Gasteiger partial charge in [-0.3, -0.25) is 9.79 Å². The maximum Gasteiger partial charge on any atom is 0.253 e. The molecule has 0 spiro atoms. The third-order valence-corrected chi connectivity index (χ3v) is 2.66. The van der Waals surface area contributed by atoms with Gasteiger partial charge in [-0.15, -0.1) is 0 Å². The summed E-state index contributed by atoms with van der Waals surface area (Å²) in [5.74, 6) is 1.37. The van der Waals surface area contributed by atoms with Crippen LogP contribution in [-0.4, -0.2) is 19.7 Å². The maximum atomic E-state index is 11.8. The van der Waals surface area contributed by atoms with Crippen LogP contribution in [0.1, 0.15) is 16.1 Å². The van der Waals surface area contributed by atoms with E-state index in [4.69, 9.17) is 4.42 Å². The highest BCUT2D eigenvalue weighted by Gasteiger charge is 2.12. The van der Waals surface area contributed by atoms with Crippen LogP contribution in [0.15, 0.2) is 39.7 Å². The second-order valence-electron chi connectivity index (χ2n) is 3.88. The van der Waals surface area contributed by atoms with Crippen molar-refractivity contribution in [3.8, 4) is 11.3 Å². The third-order valence-electron chi connectivity index (χ3n) is 2.66. The monoisotopic (exact) mass is 242 g/mol. The van der Waals surface area contributed by atoms with Gasteiger partial charge in [0.15, 0.2) is 0 Å². The number of hydrogen-bond acceptors (Lipinski definition) is 3. The molecule has 18 heavy (non-hydrogen) atoms. The first-order valence-electron chi connectivity index (χ1n) is 5.55. The number of amides is 1. The highest BCUT2D eigenvalue weighted by atomic mass is 16.3. The van der Waals surface area contributed by atoms with Gasteiger partial charge in [0.1, 0.15) is 11.5 Å². The van der Waals surface area contributed by atoms with Crippen LogP contribution in [0.3, 0.4) is 0 Å². The summed E-state index contributed by atoms with van der Waals surface area (Å²) in [7, 11) is 1.58. The van der Waals surface area contributed by atoms with Gasteiger partial charge in [-0.25, -0.2) is 0 Å². The molecule has 2 aromatic rings. The number of benzene rings is 1. The summed E-state index contributed by atoms with van der Waals surface area (Å²) >= 11 is 0. The average molecular weight is 242 g/mol. The quantitative estimate of drug-likeness (QED) is 0.841. The summed E-state index contributed by atoms with van der Waals surface area (Å²) in [4.78, 5) is 15.6. The van der Waals surface area contributed by atoms with Gasteiger partial charge < -0.3 is 9.73 Å². The lowest BCUT2D eigenvalue weighted by Gasteiger charge is -2.06. The van der Waals surface area contributed by atoms with Crippen molar-refractivity contribution in [3.63, 3.8) is 0 Å². The lowest BCUT2D eigenvalue weighted by Crippen LogP contribution is -2.17. The van der Waals surface area contributed by atoms with E-state index in [9.17, 15) is 4.79 Å². The predicted octanol–water partition coefficient (Wildman–Crippen LogP) is 2.95. The zero-order valence-electron chi connectivity index (χ0n) is 10.4. The molecule has 1 aromatic heterocycles. The largest absolute Gasteiger partial charge is 0.461 e. The standard InChI is InChI=1S/C14H14N2O2/c1-9-4-7-13(18-9)10-5-6-12(15-2)11(8-10)14(17)16-3/h4-8H,2H2,1,3H3,(H,16,17). The third kappa shape index (κ3) is 2.18. The van der Waals surface area contributed by atoms with Crippen LogP contribution in [0.5, 0.6) is 0 Å². The predicted molar refractivity (Wildman–Crippen MR) is 71.5 cm³/mol. The molecule has 1 N–H and O–H groups in total. The van der Waals surface area contributed by atoms with Crippen LogP contribution in [0.2, 0.25) is 0 Å². The molecule has 1 amide bonds. The molecular weight excluding hydrogens is 228 g/mol. The Morgan fingerprint density at radius 1 is 1.33 bits per heavy atom. The number of nitrogens with zero attached hydrogens (tertiary/aromatic N) is 1. The average Bonchev–Trinajstić information content (AvgIpc) is 2.83. The van der Waals surface area contributed by atoms with Crippen LogP contribution in [0.25, 0.3) is 11.3 Å². The Morgan fingerprint density at radius 3 is 2.67 bits per heavy atom. The topological polar surface area (TPSA) is 54.6 Å². The number of hydrogen-bond donors (Lipinski definition) is 1. The highest BCUT2D eigenvalue weighted by Crippen LogP contribution is 2.28. The molecule has 4 heteroatoms. The van der Waals surface area contributed by atoms with Crippen LogP contribution >= 0.6 is 0 Å². The molecule has 0 saturated carbocycles. The number of rotatable bonds is 3. The summed E-state index contributed by atoms with van der Waals surface area (Å²) < 4.78 is 5.53. The fourth-order valence-electron chi connectivity index (χ4n) is 1.73. The molecule has 2 rings (SSSR count). The molecule has 0 radical (unpaired) electrons. The molecule has 92 valence electrons. The van der Waals surface area contributed by atoms with Crippen LogP contribution in [-0.2, 0) is 0 Å². The fourth-order valence-corrected chi connectivity index (χ4v) is 1.73. The summed E-state index contributed by atoms with van der Waals surface area (Å²) in [5, 5.41) is 2.58. The normalized spacial score (nSPS) is 10.1. The first-order valence-corrected chi connectivity index (χ1v) is 5.55. The van der Waals surface area contributed by atoms with Gasteiger partial charge in [0.05, 0.1) is 11.3 Å². The lowest BCUT2D eigenvalue weighted by atomic mass is 10.1. The Morgan fingerprint density at radius 2 is 2.11 bits per heavy atom. The summed E-state index contributed by atoms with van der Waals surface area (Å²) in [6, 6.07) is 9.12. The van der Waals surface area contributed by atoms with Crippen molar-refractivity contribution in [3.05, 3.63) is 41.7 Å².